The molecule has 1 aliphatic carbocycles. The Labute approximate surface area is 117 Å². The van der Waals surface area contributed by atoms with E-state index in [0.29, 0.717) is 10.0 Å². The Hall–Kier alpha value is -0.730. The van der Waals surface area contributed by atoms with Crippen molar-refractivity contribution < 1.29 is 9.90 Å². The van der Waals surface area contributed by atoms with Gasteiger partial charge in [0.15, 0.2) is 0 Å². The first kappa shape index (κ1) is 13.7. The second-order valence-electron chi connectivity index (χ2n) is 4.86. The van der Waals surface area contributed by atoms with Gasteiger partial charge >= 0.3 is 5.97 Å². The number of carboxylic acids is 1. The fourth-order valence-corrected chi connectivity index (χ4v) is 3.05. The first-order valence-electron chi connectivity index (χ1n) is 6.27. The minimum Gasteiger partial charge on any atom is -0.481 e. The van der Waals surface area contributed by atoms with Gasteiger partial charge in [0.1, 0.15) is 0 Å². The Morgan fingerprint density at radius 2 is 1.83 bits per heavy atom. The van der Waals surface area contributed by atoms with Crippen LogP contribution < -0.4 is 0 Å². The molecule has 2 nitrogen and oxygen atoms in total. The summed E-state index contributed by atoms with van der Waals surface area (Å²) in [5, 5.41) is 10.4. The molecule has 2 atom stereocenters. The summed E-state index contributed by atoms with van der Waals surface area (Å²) >= 11 is 11.9. The van der Waals surface area contributed by atoms with E-state index >= 15 is 0 Å². The molecule has 0 aromatic heterocycles. The van der Waals surface area contributed by atoms with Gasteiger partial charge in [-0.05, 0) is 36.5 Å². The van der Waals surface area contributed by atoms with Crippen molar-refractivity contribution in [3.05, 3.63) is 33.8 Å². The zero-order chi connectivity index (χ0) is 13.1. The van der Waals surface area contributed by atoms with E-state index in [1.807, 2.05) is 12.1 Å². The van der Waals surface area contributed by atoms with Crippen LogP contribution in [0.15, 0.2) is 18.2 Å². The fraction of sp³-hybridized carbons (Fsp3) is 0.500. The number of halogens is 2. The average Bonchev–Trinajstić information content (AvgIpc) is 2.58. The van der Waals surface area contributed by atoms with Crippen LogP contribution in [-0.4, -0.2) is 11.1 Å². The third-order valence-corrected chi connectivity index (χ3v) is 4.44. The third kappa shape index (κ3) is 2.99. The maximum atomic E-state index is 11.4. The minimum atomic E-state index is -0.701. The molecule has 0 amide bonds. The van der Waals surface area contributed by atoms with Crippen LogP contribution >= 0.6 is 23.2 Å². The topological polar surface area (TPSA) is 37.3 Å². The quantitative estimate of drug-likeness (QED) is 0.797. The molecule has 1 fully saturated rings. The number of benzene rings is 1. The zero-order valence-corrected chi connectivity index (χ0v) is 11.5. The van der Waals surface area contributed by atoms with Crippen molar-refractivity contribution >= 4 is 29.2 Å². The van der Waals surface area contributed by atoms with Crippen molar-refractivity contribution in [3.63, 3.8) is 0 Å². The van der Waals surface area contributed by atoms with E-state index < -0.39 is 5.97 Å². The average molecular weight is 287 g/mol. The highest BCUT2D eigenvalue weighted by Crippen LogP contribution is 2.38. The lowest BCUT2D eigenvalue weighted by Gasteiger charge is -2.22. The Morgan fingerprint density at radius 1 is 1.11 bits per heavy atom. The zero-order valence-electron chi connectivity index (χ0n) is 10.0. The van der Waals surface area contributed by atoms with Gasteiger partial charge < -0.3 is 5.11 Å². The van der Waals surface area contributed by atoms with Gasteiger partial charge in [0.2, 0.25) is 0 Å². The van der Waals surface area contributed by atoms with Gasteiger partial charge in [0, 0.05) is 0 Å². The van der Waals surface area contributed by atoms with Crippen LogP contribution in [0.3, 0.4) is 0 Å². The molecule has 0 heterocycles. The lowest BCUT2D eigenvalue weighted by molar-refractivity contribution is -0.142. The van der Waals surface area contributed by atoms with Crippen LogP contribution in [0.25, 0.3) is 0 Å². The van der Waals surface area contributed by atoms with Gasteiger partial charge in [-0.15, -0.1) is 0 Å². The summed E-state index contributed by atoms with van der Waals surface area (Å²) in [4.78, 5) is 11.4. The maximum Gasteiger partial charge on any atom is 0.307 e. The highest BCUT2D eigenvalue weighted by atomic mass is 35.5. The Kier molecular flexibility index (Phi) is 4.52. The van der Waals surface area contributed by atoms with Gasteiger partial charge in [-0.3, -0.25) is 4.79 Å². The molecule has 1 N–H and O–H groups in total. The molecule has 2 rings (SSSR count). The number of rotatable bonds is 2. The third-order valence-electron chi connectivity index (χ3n) is 3.70. The van der Waals surface area contributed by atoms with Crippen LogP contribution in [0.4, 0.5) is 0 Å². The van der Waals surface area contributed by atoms with Crippen LogP contribution in [0, 0.1) is 5.92 Å². The van der Waals surface area contributed by atoms with Crippen molar-refractivity contribution in [1.82, 2.24) is 0 Å². The predicted molar refractivity (Wildman–Crippen MR) is 73.4 cm³/mol. The summed E-state index contributed by atoms with van der Waals surface area (Å²) in [5.74, 6) is -0.947. The number of carboxylic acid groups (broad SMARTS) is 1. The van der Waals surface area contributed by atoms with Crippen molar-refractivity contribution in [3.8, 4) is 0 Å². The number of hydrogen-bond donors (Lipinski definition) is 1. The number of carbonyl (C=O) groups is 1. The Balaban J connectivity index is 2.31. The molecule has 1 aromatic rings. The Bertz CT molecular complexity index is 445. The first-order valence-corrected chi connectivity index (χ1v) is 7.03. The standard InChI is InChI=1S/C14H16Cl2O2/c15-12-7-6-9(8-13(12)16)10-4-2-1-3-5-11(10)14(17)18/h6-8,10-11H,1-5H2,(H,17,18). The minimum absolute atomic E-state index is 0.0553. The highest BCUT2D eigenvalue weighted by molar-refractivity contribution is 6.42. The SMILES string of the molecule is O=C(O)C1CCCCCC1c1ccc(Cl)c(Cl)c1. The van der Waals surface area contributed by atoms with E-state index in [-0.39, 0.29) is 11.8 Å². The predicted octanol–water partition coefficient (Wildman–Crippen LogP) is 4.74. The molecule has 0 saturated heterocycles. The maximum absolute atomic E-state index is 11.4. The monoisotopic (exact) mass is 286 g/mol. The van der Waals surface area contributed by atoms with Gasteiger partial charge in [0.25, 0.3) is 0 Å². The number of hydrogen-bond acceptors (Lipinski definition) is 1. The normalized spacial score (nSPS) is 24.6. The smallest absolute Gasteiger partial charge is 0.307 e. The molecular weight excluding hydrogens is 271 g/mol. The molecule has 4 heteroatoms. The van der Waals surface area contributed by atoms with E-state index in [1.165, 1.54) is 0 Å². The molecule has 1 aliphatic rings. The molecule has 0 radical (unpaired) electrons. The Morgan fingerprint density at radius 3 is 2.50 bits per heavy atom. The lowest BCUT2D eigenvalue weighted by Crippen LogP contribution is -2.21. The van der Waals surface area contributed by atoms with Crippen LogP contribution in [-0.2, 0) is 4.79 Å². The molecule has 98 valence electrons. The van der Waals surface area contributed by atoms with Gasteiger partial charge in [-0.2, -0.15) is 0 Å². The molecule has 0 bridgehead atoms. The largest absolute Gasteiger partial charge is 0.481 e. The molecule has 18 heavy (non-hydrogen) atoms. The molecule has 0 spiro atoms. The van der Waals surface area contributed by atoms with E-state index in [1.54, 1.807) is 6.07 Å². The summed E-state index contributed by atoms with van der Waals surface area (Å²) in [5.41, 5.74) is 0.999. The van der Waals surface area contributed by atoms with Crippen molar-refractivity contribution in [1.29, 1.82) is 0 Å². The van der Waals surface area contributed by atoms with E-state index in [9.17, 15) is 9.90 Å². The summed E-state index contributed by atoms with van der Waals surface area (Å²) in [7, 11) is 0. The number of aliphatic carboxylic acids is 1. The van der Waals surface area contributed by atoms with E-state index in [0.717, 1.165) is 37.7 Å². The fourth-order valence-electron chi connectivity index (χ4n) is 2.75. The second-order valence-corrected chi connectivity index (χ2v) is 5.68. The summed E-state index contributed by atoms with van der Waals surface area (Å²) in [6, 6.07) is 5.47. The van der Waals surface area contributed by atoms with Crippen molar-refractivity contribution in [2.45, 2.75) is 38.0 Å². The van der Waals surface area contributed by atoms with Crippen LogP contribution in [0.5, 0.6) is 0 Å². The van der Waals surface area contributed by atoms with E-state index in [4.69, 9.17) is 23.2 Å². The van der Waals surface area contributed by atoms with Crippen LogP contribution in [0.2, 0.25) is 10.0 Å². The highest BCUT2D eigenvalue weighted by Gasteiger charge is 2.30. The van der Waals surface area contributed by atoms with Gasteiger partial charge in [-0.1, -0.05) is 48.5 Å². The molecular formula is C14H16Cl2O2. The lowest BCUT2D eigenvalue weighted by atomic mass is 9.82. The van der Waals surface area contributed by atoms with Gasteiger partial charge in [0.05, 0.1) is 16.0 Å². The van der Waals surface area contributed by atoms with Crippen molar-refractivity contribution in [2.75, 3.05) is 0 Å². The molecule has 0 aliphatic heterocycles. The van der Waals surface area contributed by atoms with Gasteiger partial charge in [-0.25, -0.2) is 0 Å². The van der Waals surface area contributed by atoms with Crippen LogP contribution in [0.1, 0.15) is 43.6 Å². The summed E-state index contributed by atoms with van der Waals surface area (Å²) in [6.07, 6.45) is 4.85. The first-order chi connectivity index (χ1) is 8.59. The van der Waals surface area contributed by atoms with Crippen molar-refractivity contribution in [2.24, 2.45) is 5.92 Å². The molecule has 2 unspecified atom stereocenters. The summed E-state index contributed by atoms with van der Waals surface area (Å²) in [6.45, 7) is 0. The molecule has 1 saturated carbocycles. The summed E-state index contributed by atoms with van der Waals surface area (Å²) < 4.78 is 0. The van der Waals surface area contributed by atoms with E-state index in [2.05, 4.69) is 0 Å². The second kappa shape index (κ2) is 5.94. The molecule has 1 aromatic carbocycles.